The van der Waals surface area contributed by atoms with Crippen LogP contribution in [0.3, 0.4) is 0 Å². The topological polar surface area (TPSA) is 20.3 Å². The largest absolute Gasteiger partial charge is 0.397 e. The number of amides is 1. The molecule has 0 aliphatic heterocycles. The second kappa shape index (κ2) is 4.52. The third-order valence-corrected chi connectivity index (χ3v) is 9.15. The van der Waals surface area contributed by atoms with Crippen LogP contribution in [0.1, 0.15) is 6.42 Å². The molecule has 1 amide bonds. The maximum Gasteiger partial charge on any atom is 0.397 e. The van der Waals surface area contributed by atoms with Crippen molar-refractivity contribution < 1.29 is 18.0 Å². The minimum atomic E-state index is -4.41. The Bertz CT molecular complexity index is 251. The fourth-order valence-corrected chi connectivity index (χ4v) is 11.7. The second-order valence-corrected chi connectivity index (χ2v) is 15.9. The molecule has 0 fully saturated rings. The third kappa shape index (κ3) is 5.15. The fourth-order valence-electron chi connectivity index (χ4n) is 2.00. The van der Waals surface area contributed by atoms with Gasteiger partial charge in [-0.3, -0.25) is 4.79 Å². The average molecular weight is 271 g/mol. The maximum absolute atomic E-state index is 12.2. The van der Waals surface area contributed by atoms with Crippen molar-refractivity contribution in [3.05, 3.63) is 0 Å². The molecule has 0 heterocycles. The summed E-state index contributed by atoms with van der Waals surface area (Å²) in [5.74, 6) is -0.758. The van der Waals surface area contributed by atoms with Gasteiger partial charge in [0.05, 0.1) is 0 Å². The van der Waals surface area contributed by atoms with Gasteiger partial charge in [-0.1, -0.05) is 39.3 Å². The number of carbonyl (C=O) groups is 1. The highest BCUT2D eigenvalue weighted by molar-refractivity contribution is 6.92. The molecule has 7 heteroatoms. The zero-order valence-corrected chi connectivity index (χ0v) is 12.7. The van der Waals surface area contributed by atoms with Crippen LogP contribution >= 0.6 is 0 Å². The molecule has 0 spiro atoms. The first-order chi connectivity index (χ1) is 6.75. The molecule has 0 saturated carbocycles. The zero-order valence-electron chi connectivity index (χ0n) is 10.7. The quantitative estimate of drug-likeness (QED) is 0.720. The molecule has 0 atom stereocenters. The van der Waals surface area contributed by atoms with Crippen LogP contribution in [-0.2, 0) is 4.79 Å². The lowest BCUT2D eigenvalue weighted by atomic mass is 10.4. The number of rotatable bonds is 3. The number of hydrogen-bond acceptors (Lipinski definition) is 1. The van der Waals surface area contributed by atoms with E-state index in [1.165, 1.54) is 0 Å². The summed E-state index contributed by atoms with van der Waals surface area (Å²) in [6.45, 7) is 11.4. The third-order valence-electron chi connectivity index (χ3n) is 1.94. The van der Waals surface area contributed by atoms with Gasteiger partial charge in [-0.15, -0.1) is 0 Å². The van der Waals surface area contributed by atoms with E-state index in [4.69, 9.17) is 0 Å². The first kappa shape index (κ1) is 15.7. The highest BCUT2D eigenvalue weighted by Crippen LogP contribution is 2.26. The van der Waals surface area contributed by atoms with Crippen molar-refractivity contribution >= 4 is 22.4 Å². The van der Waals surface area contributed by atoms with Gasteiger partial charge in [0.2, 0.25) is 5.91 Å². The minimum Gasteiger partial charge on any atom is -0.396 e. The fraction of sp³-hybridized carbons (Fsp3) is 0.889. The summed E-state index contributed by atoms with van der Waals surface area (Å²) in [4.78, 5) is 11.7. The van der Waals surface area contributed by atoms with Crippen LogP contribution in [0, 0.1) is 0 Å². The molecule has 0 aromatic carbocycles. The van der Waals surface area contributed by atoms with E-state index in [1.807, 2.05) is 39.3 Å². The minimum absolute atomic E-state index is 0.758. The summed E-state index contributed by atoms with van der Waals surface area (Å²) in [6.07, 6.45) is -5.74. The van der Waals surface area contributed by atoms with Crippen LogP contribution in [0.4, 0.5) is 13.2 Å². The molecular weight excluding hydrogens is 251 g/mol. The smallest absolute Gasteiger partial charge is 0.396 e. The molecule has 2 nitrogen and oxygen atoms in total. The molecule has 0 unspecified atom stereocenters. The van der Waals surface area contributed by atoms with Crippen LogP contribution in [-0.4, -0.2) is 32.8 Å². The number of alkyl halides is 3. The molecule has 0 aromatic heterocycles. The van der Waals surface area contributed by atoms with E-state index in [-0.39, 0.29) is 0 Å². The summed E-state index contributed by atoms with van der Waals surface area (Å²) in [5, 5.41) is 0. The lowest BCUT2D eigenvalue weighted by Gasteiger charge is -2.44. The van der Waals surface area contributed by atoms with E-state index in [2.05, 4.69) is 0 Å². The predicted octanol–water partition coefficient (Wildman–Crippen LogP) is 3.44. The molecule has 16 heavy (non-hydrogen) atoms. The summed E-state index contributed by atoms with van der Waals surface area (Å²) >= 11 is 0. The predicted molar refractivity (Wildman–Crippen MR) is 64.2 cm³/mol. The van der Waals surface area contributed by atoms with Crippen molar-refractivity contribution in [3.63, 3.8) is 0 Å². The van der Waals surface area contributed by atoms with E-state index in [1.54, 1.807) is 4.23 Å². The van der Waals surface area contributed by atoms with Crippen molar-refractivity contribution in [2.75, 3.05) is 0 Å². The van der Waals surface area contributed by atoms with Gasteiger partial charge in [0.1, 0.15) is 22.9 Å². The standard InChI is InChI=1S/C9H20F3NOSi2/c1-15(2,3)13(16(4,5)6)8(14)7-9(10,11)12/h7H2,1-6H3. The van der Waals surface area contributed by atoms with Crippen LogP contribution < -0.4 is 0 Å². The molecular formula is C9H20F3NOSi2. The van der Waals surface area contributed by atoms with E-state index >= 15 is 0 Å². The van der Waals surface area contributed by atoms with E-state index in [0.29, 0.717) is 0 Å². The molecule has 96 valence electrons. The van der Waals surface area contributed by atoms with Gasteiger partial charge >= 0.3 is 6.18 Å². The molecule has 0 aliphatic carbocycles. The van der Waals surface area contributed by atoms with Crippen LogP contribution in [0.5, 0.6) is 0 Å². The number of nitrogens with zero attached hydrogens (tertiary/aromatic N) is 1. The number of hydrogen-bond donors (Lipinski definition) is 0. The summed E-state index contributed by atoms with van der Waals surface area (Å²) in [5.41, 5.74) is 0. The van der Waals surface area contributed by atoms with E-state index in [0.717, 1.165) is 0 Å². The Morgan fingerprint density at radius 1 is 1.00 bits per heavy atom. The molecule has 0 radical (unpaired) electrons. The van der Waals surface area contributed by atoms with E-state index < -0.39 is 35.0 Å². The molecule has 0 N–H and O–H groups in total. The molecule has 0 saturated heterocycles. The SMILES string of the molecule is C[Si](C)(C)N(C(=O)CC(F)(F)F)[Si](C)(C)C. The Hall–Kier alpha value is -0.306. The molecule has 0 aromatic rings. The Balaban J connectivity index is 5.03. The van der Waals surface area contributed by atoms with Gasteiger partial charge in [-0.05, 0) is 0 Å². The Labute approximate surface area is 97.0 Å². The second-order valence-electron chi connectivity index (χ2n) is 5.86. The first-order valence-electron chi connectivity index (χ1n) is 5.15. The summed E-state index contributed by atoms with van der Waals surface area (Å²) in [6, 6.07) is 0. The Morgan fingerprint density at radius 3 is 1.50 bits per heavy atom. The normalized spacial score (nSPS) is 13.8. The molecule has 0 rings (SSSR count). The first-order valence-corrected chi connectivity index (χ1v) is 12.0. The van der Waals surface area contributed by atoms with Gasteiger partial charge < -0.3 is 4.23 Å². The van der Waals surface area contributed by atoms with Gasteiger partial charge in [0.15, 0.2) is 0 Å². The van der Waals surface area contributed by atoms with Gasteiger partial charge in [0, 0.05) is 0 Å². The lowest BCUT2D eigenvalue weighted by Crippen LogP contribution is -2.62. The van der Waals surface area contributed by atoms with Crippen molar-refractivity contribution in [1.29, 1.82) is 0 Å². The number of halogens is 3. The van der Waals surface area contributed by atoms with Crippen LogP contribution in [0.25, 0.3) is 0 Å². The lowest BCUT2D eigenvalue weighted by molar-refractivity contribution is -0.156. The number of carbonyl (C=O) groups excluding carboxylic acids is 1. The van der Waals surface area contributed by atoms with E-state index in [9.17, 15) is 18.0 Å². The van der Waals surface area contributed by atoms with Crippen LogP contribution in [0.2, 0.25) is 39.3 Å². The molecule has 0 aliphatic rings. The van der Waals surface area contributed by atoms with Crippen molar-refractivity contribution in [2.24, 2.45) is 0 Å². The van der Waals surface area contributed by atoms with Crippen molar-refractivity contribution in [3.8, 4) is 0 Å². The summed E-state index contributed by atoms with van der Waals surface area (Å²) < 4.78 is 38.2. The maximum atomic E-state index is 12.2. The Kier molecular flexibility index (Phi) is 4.43. The van der Waals surface area contributed by atoms with Crippen molar-refractivity contribution in [1.82, 2.24) is 4.23 Å². The monoisotopic (exact) mass is 271 g/mol. The van der Waals surface area contributed by atoms with Crippen LogP contribution in [0.15, 0.2) is 0 Å². The molecule has 0 bridgehead atoms. The highest BCUT2D eigenvalue weighted by atomic mass is 28.4. The summed E-state index contributed by atoms with van der Waals surface area (Å²) in [7, 11) is -4.08. The Morgan fingerprint density at radius 2 is 1.31 bits per heavy atom. The zero-order chi connectivity index (χ0) is 13.4. The van der Waals surface area contributed by atoms with Gasteiger partial charge in [0.25, 0.3) is 0 Å². The van der Waals surface area contributed by atoms with Crippen molar-refractivity contribution in [2.45, 2.75) is 51.9 Å². The van der Waals surface area contributed by atoms with Gasteiger partial charge in [-0.2, -0.15) is 13.2 Å². The highest BCUT2D eigenvalue weighted by Gasteiger charge is 2.42. The average Bonchev–Trinajstić information content (AvgIpc) is 1.70. The van der Waals surface area contributed by atoms with Gasteiger partial charge in [-0.25, -0.2) is 0 Å².